The molecule has 0 aliphatic carbocycles. The van der Waals surface area contributed by atoms with E-state index in [1.54, 1.807) is 0 Å². The van der Waals surface area contributed by atoms with Crippen LogP contribution in [0, 0.1) is 13.8 Å². The maximum Gasteiger partial charge on any atom is 0.125 e. The molecule has 0 saturated carbocycles. The Morgan fingerprint density at radius 2 is 1.82 bits per heavy atom. The van der Waals surface area contributed by atoms with E-state index in [0.29, 0.717) is 0 Å². The number of halogens is 1. The van der Waals surface area contributed by atoms with Gasteiger partial charge in [-0.1, -0.05) is 30.3 Å². The molecule has 1 atom stereocenters. The third-order valence-corrected chi connectivity index (χ3v) is 2.97. The fourth-order valence-corrected chi connectivity index (χ4v) is 2.17. The van der Waals surface area contributed by atoms with E-state index in [-0.39, 0.29) is 5.38 Å². The molecule has 3 heteroatoms. The molecular formula is C14H15ClN2. The fraction of sp³-hybridized carbons (Fsp3) is 0.286. The summed E-state index contributed by atoms with van der Waals surface area (Å²) in [4.78, 5) is 8.66. The van der Waals surface area contributed by atoms with Gasteiger partial charge in [-0.15, -0.1) is 11.6 Å². The van der Waals surface area contributed by atoms with Crippen molar-refractivity contribution in [3.05, 3.63) is 59.2 Å². The molecular weight excluding hydrogens is 232 g/mol. The highest BCUT2D eigenvalue weighted by Crippen LogP contribution is 2.24. The van der Waals surface area contributed by atoms with Crippen molar-refractivity contribution in [2.75, 3.05) is 0 Å². The van der Waals surface area contributed by atoms with Crippen molar-refractivity contribution in [1.82, 2.24) is 9.97 Å². The SMILES string of the molecule is Cc1cc(CC(Cl)c2ccccc2)nc(C)n1. The molecule has 0 saturated heterocycles. The summed E-state index contributed by atoms with van der Waals surface area (Å²) >= 11 is 6.39. The molecule has 0 aliphatic rings. The van der Waals surface area contributed by atoms with Crippen LogP contribution in [0.1, 0.15) is 28.2 Å². The van der Waals surface area contributed by atoms with Crippen LogP contribution in [0.4, 0.5) is 0 Å². The minimum atomic E-state index is -0.0371. The number of nitrogens with zero attached hydrogens (tertiary/aromatic N) is 2. The summed E-state index contributed by atoms with van der Waals surface area (Å²) in [6.07, 6.45) is 0.732. The molecule has 88 valence electrons. The Bertz CT molecular complexity index is 477. The normalized spacial score (nSPS) is 12.4. The van der Waals surface area contributed by atoms with Crippen molar-refractivity contribution in [2.45, 2.75) is 25.6 Å². The van der Waals surface area contributed by atoms with Crippen molar-refractivity contribution in [3.8, 4) is 0 Å². The van der Waals surface area contributed by atoms with Gasteiger partial charge in [-0.2, -0.15) is 0 Å². The van der Waals surface area contributed by atoms with Crippen LogP contribution in [-0.2, 0) is 6.42 Å². The summed E-state index contributed by atoms with van der Waals surface area (Å²) in [6, 6.07) is 12.1. The van der Waals surface area contributed by atoms with Gasteiger partial charge in [0.05, 0.1) is 5.38 Å². The second-order valence-corrected chi connectivity index (χ2v) is 4.66. The first-order chi connectivity index (χ1) is 8.15. The van der Waals surface area contributed by atoms with E-state index < -0.39 is 0 Å². The highest BCUT2D eigenvalue weighted by molar-refractivity contribution is 6.20. The summed E-state index contributed by atoms with van der Waals surface area (Å²) < 4.78 is 0. The first kappa shape index (κ1) is 12.1. The van der Waals surface area contributed by atoms with Crippen molar-refractivity contribution in [1.29, 1.82) is 0 Å². The molecule has 0 bridgehead atoms. The predicted molar refractivity (Wildman–Crippen MR) is 70.2 cm³/mol. The van der Waals surface area contributed by atoms with E-state index in [4.69, 9.17) is 11.6 Å². The van der Waals surface area contributed by atoms with Gasteiger partial charge in [0.25, 0.3) is 0 Å². The Morgan fingerprint density at radius 1 is 1.12 bits per heavy atom. The maximum atomic E-state index is 6.39. The number of hydrogen-bond donors (Lipinski definition) is 0. The quantitative estimate of drug-likeness (QED) is 0.773. The van der Waals surface area contributed by atoms with E-state index in [9.17, 15) is 0 Å². The molecule has 2 aromatic rings. The van der Waals surface area contributed by atoms with E-state index in [0.717, 1.165) is 29.2 Å². The zero-order valence-electron chi connectivity index (χ0n) is 10.0. The highest BCUT2D eigenvalue weighted by Gasteiger charge is 2.10. The van der Waals surface area contributed by atoms with Gasteiger partial charge in [0.1, 0.15) is 5.82 Å². The van der Waals surface area contributed by atoms with Gasteiger partial charge in [-0.25, -0.2) is 9.97 Å². The molecule has 1 aromatic carbocycles. The first-order valence-corrected chi connectivity index (χ1v) is 6.09. The van der Waals surface area contributed by atoms with Crippen LogP contribution < -0.4 is 0 Å². The van der Waals surface area contributed by atoms with Crippen LogP contribution in [-0.4, -0.2) is 9.97 Å². The molecule has 0 N–H and O–H groups in total. The molecule has 17 heavy (non-hydrogen) atoms. The Labute approximate surface area is 107 Å². The Balaban J connectivity index is 2.16. The average molecular weight is 247 g/mol. The number of hydrogen-bond acceptors (Lipinski definition) is 2. The molecule has 0 amide bonds. The summed E-state index contributed by atoms with van der Waals surface area (Å²) in [7, 11) is 0. The third-order valence-electron chi connectivity index (χ3n) is 2.57. The minimum absolute atomic E-state index is 0.0371. The molecule has 2 nitrogen and oxygen atoms in total. The Kier molecular flexibility index (Phi) is 3.75. The largest absolute Gasteiger partial charge is 0.239 e. The Hall–Kier alpha value is -1.41. The number of aryl methyl sites for hydroxylation is 2. The summed E-state index contributed by atoms with van der Waals surface area (Å²) in [5.74, 6) is 0.803. The minimum Gasteiger partial charge on any atom is -0.239 e. The van der Waals surface area contributed by atoms with Crippen molar-refractivity contribution in [2.24, 2.45) is 0 Å². The van der Waals surface area contributed by atoms with Crippen LogP contribution in [0.5, 0.6) is 0 Å². The van der Waals surface area contributed by atoms with Gasteiger partial charge < -0.3 is 0 Å². The molecule has 0 fully saturated rings. The van der Waals surface area contributed by atoms with Gasteiger partial charge in [0.2, 0.25) is 0 Å². The van der Waals surface area contributed by atoms with Crippen molar-refractivity contribution >= 4 is 11.6 Å². The zero-order valence-corrected chi connectivity index (χ0v) is 10.8. The predicted octanol–water partition coefficient (Wildman–Crippen LogP) is 3.62. The van der Waals surface area contributed by atoms with Crippen LogP contribution in [0.25, 0.3) is 0 Å². The van der Waals surface area contributed by atoms with Crippen LogP contribution in [0.2, 0.25) is 0 Å². The maximum absolute atomic E-state index is 6.39. The Morgan fingerprint density at radius 3 is 2.47 bits per heavy atom. The van der Waals surface area contributed by atoms with Crippen LogP contribution >= 0.6 is 11.6 Å². The highest BCUT2D eigenvalue weighted by atomic mass is 35.5. The average Bonchev–Trinajstić information content (AvgIpc) is 2.28. The van der Waals surface area contributed by atoms with Gasteiger partial charge in [-0.3, -0.25) is 0 Å². The van der Waals surface area contributed by atoms with E-state index in [1.807, 2.05) is 50.2 Å². The second kappa shape index (κ2) is 5.28. The third kappa shape index (κ3) is 3.27. The van der Waals surface area contributed by atoms with E-state index >= 15 is 0 Å². The van der Waals surface area contributed by atoms with Crippen molar-refractivity contribution < 1.29 is 0 Å². The number of alkyl halides is 1. The molecule has 0 aliphatic heterocycles. The van der Waals surface area contributed by atoms with Gasteiger partial charge >= 0.3 is 0 Å². The zero-order chi connectivity index (χ0) is 12.3. The molecule has 2 rings (SSSR count). The van der Waals surface area contributed by atoms with Gasteiger partial charge in [-0.05, 0) is 25.5 Å². The monoisotopic (exact) mass is 246 g/mol. The van der Waals surface area contributed by atoms with Crippen molar-refractivity contribution in [3.63, 3.8) is 0 Å². The van der Waals surface area contributed by atoms with Gasteiger partial charge in [0, 0.05) is 17.8 Å². The summed E-state index contributed by atoms with van der Waals surface area (Å²) in [6.45, 7) is 3.88. The molecule has 0 spiro atoms. The lowest BCUT2D eigenvalue weighted by atomic mass is 10.1. The fourth-order valence-electron chi connectivity index (χ4n) is 1.86. The molecule has 0 radical (unpaired) electrons. The summed E-state index contributed by atoms with van der Waals surface area (Å²) in [5.41, 5.74) is 3.12. The molecule has 1 unspecified atom stereocenters. The standard InChI is InChI=1S/C14H15ClN2/c1-10-8-13(17-11(2)16-10)9-14(15)12-6-4-3-5-7-12/h3-8,14H,9H2,1-2H3. The van der Waals surface area contributed by atoms with Crippen LogP contribution in [0.3, 0.4) is 0 Å². The molecule has 1 heterocycles. The van der Waals surface area contributed by atoms with E-state index in [1.165, 1.54) is 0 Å². The number of aromatic nitrogens is 2. The molecule has 1 aromatic heterocycles. The lowest BCUT2D eigenvalue weighted by Crippen LogP contribution is -2.02. The smallest absolute Gasteiger partial charge is 0.125 e. The first-order valence-electron chi connectivity index (χ1n) is 5.65. The summed E-state index contributed by atoms with van der Waals surface area (Å²) in [5, 5.41) is -0.0371. The lowest BCUT2D eigenvalue weighted by molar-refractivity contribution is 0.846. The number of benzene rings is 1. The second-order valence-electron chi connectivity index (χ2n) is 4.13. The van der Waals surface area contributed by atoms with Crippen LogP contribution in [0.15, 0.2) is 36.4 Å². The number of rotatable bonds is 3. The lowest BCUT2D eigenvalue weighted by Gasteiger charge is -2.10. The van der Waals surface area contributed by atoms with E-state index in [2.05, 4.69) is 9.97 Å². The van der Waals surface area contributed by atoms with Gasteiger partial charge in [0.15, 0.2) is 0 Å². The topological polar surface area (TPSA) is 25.8 Å².